The number of thiazole rings is 1. The summed E-state index contributed by atoms with van der Waals surface area (Å²) in [5, 5.41) is 18.4. The first kappa shape index (κ1) is 25.8. The molecule has 37 heavy (non-hydrogen) atoms. The fourth-order valence-electron chi connectivity index (χ4n) is 3.24. The number of aromatic nitrogens is 1. The molecule has 1 atom stereocenters. The predicted octanol–water partition coefficient (Wildman–Crippen LogP) is 6.49. The molecule has 1 aromatic heterocycles. The maximum absolute atomic E-state index is 12.7. The van der Waals surface area contributed by atoms with Crippen molar-refractivity contribution in [3.05, 3.63) is 106 Å². The highest BCUT2D eigenvalue weighted by molar-refractivity contribution is 8.00. The number of amides is 2. The van der Waals surface area contributed by atoms with Crippen molar-refractivity contribution in [1.82, 2.24) is 4.98 Å². The van der Waals surface area contributed by atoms with Gasteiger partial charge in [-0.3, -0.25) is 19.7 Å². The summed E-state index contributed by atoms with van der Waals surface area (Å²) < 4.78 is 0. The van der Waals surface area contributed by atoms with E-state index in [2.05, 4.69) is 15.6 Å². The van der Waals surface area contributed by atoms with Crippen LogP contribution < -0.4 is 10.6 Å². The summed E-state index contributed by atoms with van der Waals surface area (Å²) in [6.07, 6.45) is 3.22. The normalized spacial score (nSPS) is 11.7. The number of rotatable bonds is 9. The van der Waals surface area contributed by atoms with Gasteiger partial charge in [0, 0.05) is 39.7 Å². The second kappa shape index (κ2) is 12.1. The number of nitro benzene ring substituents is 1. The van der Waals surface area contributed by atoms with Crippen LogP contribution in [-0.2, 0) is 9.59 Å². The SMILES string of the molecule is CC(Sc1ccc(NC(=O)/C=C/c2ccccc2)cc1)C(=O)Nc1nc(-c2cccc([N+](=O)[O-])c2)cs1. The lowest BCUT2D eigenvalue weighted by Crippen LogP contribution is -2.22. The third kappa shape index (κ3) is 7.35. The first-order valence-corrected chi connectivity index (χ1v) is 13.0. The molecule has 3 aromatic carbocycles. The van der Waals surface area contributed by atoms with Crippen molar-refractivity contribution in [2.45, 2.75) is 17.1 Å². The van der Waals surface area contributed by atoms with Crippen molar-refractivity contribution in [2.75, 3.05) is 10.6 Å². The van der Waals surface area contributed by atoms with Crippen LogP contribution in [0.3, 0.4) is 0 Å². The van der Waals surface area contributed by atoms with E-state index in [1.807, 2.05) is 42.5 Å². The zero-order valence-electron chi connectivity index (χ0n) is 19.7. The molecule has 0 bridgehead atoms. The van der Waals surface area contributed by atoms with E-state index in [9.17, 15) is 19.7 Å². The summed E-state index contributed by atoms with van der Waals surface area (Å²) in [6, 6.07) is 23.0. The molecule has 4 rings (SSSR count). The molecule has 186 valence electrons. The summed E-state index contributed by atoms with van der Waals surface area (Å²) >= 11 is 2.63. The van der Waals surface area contributed by atoms with Gasteiger partial charge in [-0.25, -0.2) is 4.98 Å². The number of non-ortho nitro benzene ring substituents is 1. The Balaban J connectivity index is 1.29. The van der Waals surface area contributed by atoms with E-state index in [-0.39, 0.29) is 17.5 Å². The number of hydrogen-bond donors (Lipinski definition) is 2. The first-order chi connectivity index (χ1) is 17.9. The topological polar surface area (TPSA) is 114 Å². The molecular weight excluding hydrogens is 508 g/mol. The number of carbonyl (C=O) groups is 2. The molecule has 0 saturated heterocycles. The zero-order chi connectivity index (χ0) is 26.2. The van der Waals surface area contributed by atoms with Crippen LogP contribution in [0, 0.1) is 10.1 Å². The van der Waals surface area contributed by atoms with Gasteiger partial charge in [0.25, 0.3) is 5.69 Å². The van der Waals surface area contributed by atoms with Crippen LogP contribution in [0.5, 0.6) is 0 Å². The van der Waals surface area contributed by atoms with Crippen molar-refractivity contribution in [1.29, 1.82) is 0 Å². The van der Waals surface area contributed by atoms with E-state index in [4.69, 9.17) is 0 Å². The number of carbonyl (C=O) groups excluding carboxylic acids is 2. The standard InChI is InChI=1S/C27H22N4O4S2/c1-18(26(33)30-27-29-24(17-36-27)20-8-5-9-22(16-20)31(34)35)37-23-13-11-21(12-14-23)28-25(32)15-10-19-6-3-2-4-7-19/h2-18H,1H3,(H,28,32)(H,29,30,33)/b15-10+. The van der Waals surface area contributed by atoms with Gasteiger partial charge in [-0.2, -0.15) is 0 Å². The van der Waals surface area contributed by atoms with Crippen molar-refractivity contribution >= 4 is 57.5 Å². The lowest BCUT2D eigenvalue weighted by atomic mass is 10.1. The van der Waals surface area contributed by atoms with E-state index in [1.165, 1.54) is 41.3 Å². The van der Waals surface area contributed by atoms with Crippen LogP contribution in [0.1, 0.15) is 12.5 Å². The van der Waals surface area contributed by atoms with Crippen molar-refractivity contribution in [2.24, 2.45) is 0 Å². The summed E-state index contributed by atoms with van der Waals surface area (Å²) in [5.74, 6) is -0.446. The van der Waals surface area contributed by atoms with Gasteiger partial charge in [-0.15, -0.1) is 23.1 Å². The van der Waals surface area contributed by atoms with Gasteiger partial charge in [-0.05, 0) is 42.8 Å². The summed E-state index contributed by atoms with van der Waals surface area (Å²) in [4.78, 5) is 40.7. The highest BCUT2D eigenvalue weighted by atomic mass is 32.2. The van der Waals surface area contributed by atoms with Crippen LogP contribution >= 0.6 is 23.1 Å². The third-order valence-corrected chi connectivity index (χ3v) is 6.99. The molecule has 1 heterocycles. The summed E-state index contributed by atoms with van der Waals surface area (Å²) in [7, 11) is 0. The number of benzene rings is 3. The van der Waals surface area contributed by atoms with Gasteiger partial charge in [0.05, 0.1) is 15.9 Å². The molecule has 0 aliphatic heterocycles. The summed E-state index contributed by atoms with van der Waals surface area (Å²) in [5.41, 5.74) is 2.74. The molecule has 0 saturated carbocycles. The number of nitrogens with zero attached hydrogens (tertiary/aromatic N) is 2. The number of anilines is 2. The van der Waals surface area contributed by atoms with Crippen molar-refractivity contribution < 1.29 is 14.5 Å². The van der Waals surface area contributed by atoms with E-state index in [0.717, 1.165) is 10.5 Å². The maximum Gasteiger partial charge on any atom is 0.270 e. The lowest BCUT2D eigenvalue weighted by Gasteiger charge is -2.11. The average molecular weight is 531 g/mol. The minimum atomic E-state index is -0.457. The number of nitro groups is 1. The van der Waals surface area contributed by atoms with Gasteiger partial charge in [0.2, 0.25) is 11.8 Å². The molecule has 1 unspecified atom stereocenters. The second-order valence-electron chi connectivity index (χ2n) is 7.85. The van der Waals surface area contributed by atoms with Gasteiger partial charge in [-0.1, -0.05) is 42.5 Å². The van der Waals surface area contributed by atoms with E-state index in [0.29, 0.717) is 22.1 Å². The largest absolute Gasteiger partial charge is 0.323 e. The molecule has 4 aromatic rings. The first-order valence-electron chi connectivity index (χ1n) is 11.2. The molecule has 0 fully saturated rings. The van der Waals surface area contributed by atoms with Gasteiger partial charge >= 0.3 is 0 Å². The van der Waals surface area contributed by atoms with Crippen LogP contribution in [-0.4, -0.2) is 27.0 Å². The maximum atomic E-state index is 12.7. The smallest absolute Gasteiger partial charge is 0.270 e. The van der Waals surface area contributed by atoms with E-state index in [1.54, 1.807) is 42.6 Å². The molecule has 2 N–H and O–H groups in total. The van der Waals surface area contributed by atoms with Gasteiger partial charge in [0.15, 0.2) is 5.13 Å². The zero-order valence-corrected chi connectivity index (χ0v) is 21.3. The number of thioether (sulfide) groups is 1. The lowest BCUT2D eigenvalue weighted by molar-refractivity contribution is -0.384. The quantitative estimate of drug-likeness (QED) is 0.111. The Bertz CT molecular complexity index is 1440. The van der Waals surface area contributed by atoms with Crippen LogP contribution in [0.25, 0.3) is 17.3 Å². The van der Waals surface area contributed by atoms with E-state index < -0.39 is 10.2 Å². The van der Waals surface area contributed by atoms with Gasteiger partial charge < -0.3 is 10.6 Å². The fourth-order valence-corrected chi connectivity index (χ4v) is 4.83. The molecule has 0 aliphatic carbocycles. The highest BCUT2D eigenvalue weighted by Crippen LogP contribution is 2.29. The average Bonchev–Trinajstić information content (AvgIpc) is 3.38. The Morgan fingerprint density at radius 1 is 1.03 bits per heavy atom. The van der Waals surface area contributed by atoms with Crippen LogP contribution in [0.2, 0.25) is 0 Å². The Morgan fingerprint density at radius 3 is 2.51 bits per heavy atom. The highest BCUT2D eigenvalue weighted by Gasteiger charge is 2.17. The van der Waals surface area contributed by atoms with Crippen LogP contribution in [0.15, 0.2) is 95.2 Å². The van der Waals surface area contributed by atoms with Gasteiger partial charge in [0.1, 0.15) is 0 Å². The Labute approximate surface area is 221 Å². The predicted molar refractivity (Wildman–Crippen MR) is 149 cm³/mol. The fraction of sp³-hybridized carbons (Fsp3) is 0.0741. The number of hydrogen-bond acceptors (Lipinski definition) is 7. The third-order valence-electron chi connectivity index (χ3n) is 5.12. The van der Waals surface area contributed by atoms with E-state index >= 15 is 0 Å². The monoisotopic (exact) mass is 530 g/mol. The molecule has 0 radical (unpaired) electrons. The molecule has 8 nitrogen and oxygen atoms in total. The number of nitrogens with one attached hydrogen (secondary N) is 2. The minimum absolute atomic E-state index is 0.0182. The van der Waals surface area contributed by atoms with Crippen molar-refractivity contribution in [3.8, 4) is 11.3 Å². The van der Waals surface area contributed by atoms with Crippen LogP contribution in [0.4, 0.5) is 16.5 Å². The Morgan fingerprint density at radius 2 is 1.78 bits per heavy atom. The summed E-state index contributed by atoms with van der Waals surface area (Å²) in [6.45, 7) is 1.79. The molecule has 10 heteroatoms. The molecule has 0 aliphatic rings. The van der Waals surface area contributed by atoms with Crippen molar-refractivity contribution in [3.63, 3.8) is 0 Å². The minimum Gasteiger partial charge on any atom is -0.323 e. The second-order valence-corrected chi connectivity index (χ2v) is 10.1. The molecule has 0 spiro atoms. The molecule has 2 amide bonds. The Kier molecular flexibility index (Phi) is 8.44. The Hall–Kier alpha value is -4.28. The molecular formula is C27H22N4O4S2.